The van der Waals surface area contributed by atoms with E-state index in [0.29, 0.717) is 11.4 Å². The van der Waals surface area contributed by atoms with Crippen LogP contribution in [-0.4, -0.2) is 71.2 Å². The first-order valence-electron chi connectivity index (χ1n) is 12.8. The largest absolute Gasteiger partial charge is 0.481 e. The van der Waals surface area contributed by atoms with Crippen LogP contribution in [0.4, 0.5) is 10.5 Å². The smallest absolute Gasteiger partial charge is 0.407 e. The number of aliphatic hydroxyl groups excluding tert-OH is 1. The highest BCUT2D eigenvalue weighted by Gasteiger charge is 2.36. The number of amides is 2. The molecule has 1 aromatic rings. The molecule has 1 aliphatic rings. The number of nitrogens with zero attached hydrogens (tertiary/aromatic N) is 1. The average molecular weight is 537 g/mol. The number of benzene rings is 1. The summed E-state index contributed by atoms with van der Waals surface area (Å²) in [6.45, 7) is 10.2. The van der Waals surface area contributed by atoms with E-state index in [4.69, 9.17) is 14.2 Å². The fourth-order valence-electron chi connectivity index (χ4n) is 4.15. The molecule has 0 unspecified atom stereocenters. The van der Waals surface area contributed by atoms with Gasteiger partial charge in [0.15, 0.2) is 0 Å². The Morgan fingerprint density at radius 2 is 1.82 bits per heavy atom. The zero-order valence-corrected chi connectivity index (χ0v) is 22.9. The first-order valence-corrected chi connectivity index (χ1v) is 12.8. The highest BCUT2D eigenvalue weighted by molar-refractivity contribution is 5.96. The summed E-state index contributed by atoms with van der Waals surface area (Å²) in [6, 6.07) is 6.05. The van der Waals surface area contributed by atoms with Gasteiger partial charge in [-0.25, -0.2) is 9.59 Å². The van der Waals surface area contributed by atoms with Gasteiger partial charge in [-0.05, 0) is 58.6 Å². The molecule has 11 heteroatoms. The van der Waals surface area contributed by atoms with Crippen molar-refractivity contribution in [3.05, 3.63) is 24.3 Å². The quantitative estimate of drug-likeness (QED) is 0.362. The van der Waals surface area contributed by atoms with Gasteiger partial charge in [0.25, 0.3) is 0 Å². The average Bonchev–Trinajstić information content (AvgIpc) is 2.81. The van der Waals surface area contributed by atoms with E-state index in [0.717, 1.165) is 0 Å². The van der Waals surface area contributed by atoms with Crippen LogP contribution in [0.1, 0.15) is 60.8 Å². The Balaban J connectivity index is 2.16. The first-order chi connectivity index (χ1) is 17.7. The SMILES string of the molecule is CCOC(=O)[C@H]1CN(C(=O)C[C@@H](C)C[C@H](NC(=O)OC(C)(C)C)[C@@H](O)C[C@@H](C)C(=O)O)c2ccccc2O1. The van der Waals surface area contributed by atoms with Gasteiger partial charge >= 0.3 is 18.0 Å². The van der Waals surface area contributed by atoms with Gasteiger partial charge in [0.05, 0.1) is 36.9 Å². The van der Waals surface area contributed by atoms with E-state index in [1.165, 1.54) is 11.8 Å². The Morgan fingerprint density at radius 3 is 2.42 bits per heavy atom. The molecule has 38 heavy (non-hydrogen) atoms. The Labute approximate surface area is 223 Å². The molecule has 1 aromatic carbocycles. The van der Waals surface area contributed by atoms with E-state index in [-0.39, 0.29) is 44.2 Å². The molecule has 0 radical (unpaired) electrons. The van der Waals surface area contributed by atoms with Crippen molar-refractivity contribution < 1.29 is 43.6 Å². The number of aliphatic hydroxyl groups is 1. The molecule has 1 aliphatic heterocycles. The number of esters is 1. The normalized spacial score (nSPS) is 18.2. The van der Waals surface area contributed by atoms with Crippen molar-refractivity contribution in [2.24, 2.45) is 11.8 Å². The maximum Gasteiger partial charge on any atom is 0.407 e. The Bertz CT molecular complexity index is 991. The van der Waals surface area contributed by atoms with Crippen molar-refractivity contribution in [1.29, 1.82) is 0 Å². The monoisotopic (exact) mass is 536 g/mol. The highest BCUT2D eigenvalue weighted by atomic mass is 16.6. The maximum atomic E-state index is 13.4. The number of nitrogens with one attached hydrogen (secondary N) is 1. The second-order valence-corrected chi connectivity index (χ2v) is 10.7. The lowest BCUT2D eigenvalue weighted by molar-refractivity contribution is -0.151. The minimum absolute atomic E-state index is 0.0141. The number of carboxylic acid groups (broad SMARTS) is 1. The fourth-order valence-corrected chi connectivity index (χ4v) is 4.15. The van der Waals surface area contributed by atoms with Gasteiger partial charge in [0.1, 0.15) is 11.4 Å². The third-order valence-corrected chi connectivity index (χ3v) is 5.99. The number of fused-ring (bicyclic) bond motifs is 1. The van der Waals surface area contributed by atoms with Crippen LogP contribution in [0.15, 0.2) is 24.3 Å². The van der Waals surface area contributed by atoms with Gasteiger partial charge in [-0.15, -0.1) is 0 Å². The van der Waals surface area contributed by atoms with E-state index in [9.17, 15) is 29.4 Å². The zero-order valence-electron chi connectivity index (χ0n) is 22.9. The number of carbonyl (C=O) groups is 4. The Morgan fingerprint density at radius 1 is 1.16 bits per heavy atom. The van der Waals surface area contributed by atoms with E-state index in [2.05, 4.69) is 5.32 Å². The predicted molar refractivity (Wildman–Crippen MR) is 139 cm³/mol. The van der Waals surface area contributed by atoms with Gasteiger partial charge in [0.2, 0.25) is 12.0 Å². The van der Waals surface area contributed by atoms with Gasteiger partial charge < -0.3 is 34.6 Å². The molecule has 0 bridgehead atoms. The van der Waals surface area contributed by atoms with Crippen LogP contribution in [0.5, 0.6) is 5.75 Å². The standard InChI is InChI=1S/C27H40N2O9/c1-7-36-25(34)22-15-29(19-10-8-9-11-21(19)37-22)23(31)13-16(2)12-18(20(30)14-17(3)24(32)33)28-26(35)38-27(4,5)6/h8-11,16-18,20,22,30H,7,12-15H2,1-6H3,(H,28,35)(H,32,33)/t16-,17+,18-,20-,22+/m0/s1. The van der Waals surface area contributed by atoms with Crippen LogP contribution in [0.3, 0.4) is 0 Å². The number of hydrogen-bond donors (Lipinski definition) is 3. The summed E-state index contributed by atoms with van der Waals surface area (Å²) in [5.41, 5.74) is -0.238. The zero-order chi connectivity index (χ0) is 28.6. The van der Waals surface area contributed by atoms with Crippen LogP contribution in [0, 0.1) is 11.8 Å². The Hall–Kier alpha value is -3.34. The molecule has 2 amide bonds. The number of hydrogen-bond acceptors (Lipinski definition) is 8. The van der Waals surface area contributed by atoms with Gasteiger partial charge in [-0.3, -0.25) is 9.59 Å². The number of ether oxygens (including phenoxy) is 3. The molecule has 0 saturated carbocycles. The molecule has 0 saturated heterocycles. The molecule has 2 rings (SSSR count). The van der Waals surface area contributed by atoms with Crippen molar-refractivity contribution in [2.75, 3.05) is 18.1 Å². The van der Waals surface area contributed by atoms with Gasteiger partial charge in [-0.1, -0.05) is 26.0 Å². The molecule has 11 nitrogen and oxygen atoms in total. The number of rotatable bonds is 11. The third-order valence-electron chi connectivity index (χ3n) is 5.99. The number of anilines is 1. The van der Waals surface area contributed by atoms with Crippen LogP contribution in [0.25, 0.3) is 0 Å². The van der Waals surface area contributed by atoms with Crippen LogP contribution >= 0.6 is 0 Å². The number of carbonyl (C=O) groups excluding carboxylic acids is 3. The second kappa shape index (κ2) is 13.5. The minimum Gasteiger partial charge on any atom is -0.481 e. The van der Waals surface area contributed by atoms with Crippen molar-refractivity contribution in [2.45, 2.75) is 84.7 Å². The van der Waals surface area contributed by atoms with E-state index >= 15 is 0 Å². The molecule has 3 N–H and O–H groups in total. The predicted octanol–water partition coefficient (Wildman–Crippen LogP) is 3.12. The van der Waals surface area contributed by atoms with E-state index in [1.807, 2.05) is 0 Å². The lowest BCUT2D eigenvalue weighted by Gasteiger charge is -2.34. The van der Waals surface area contributed by atoms with E-state index < -0.39 is 47.8 Å². The van der Waals surface area contributed by atoms with E-state index in [1.54, 1.807) is 58.9 Å². The number of carboxylic acids is 1. The number of alkyl carbamates (subject to hydrolysis) is 1. The third kappa shape index (κ3) is 9.20. The molecular weight excluding hydrogens is 496 g/mol. The topological polar surface area (TPSA) is 152 Å². The van der Waals surface area contributed by atoms with Crippen molar-refractivity contribution in [3.63, 3.8) is 0 Å². The molecule has 0 aromatic heterocycles. The number of para-hydroxylation sites is 2. The summed E-state index contributed by atoms with van der Waals surface area (Å²) in [6.07, 6.45) is -2.76. The molecule has 0 fully saturated rings. The summed E-state index contributed by atoms with van der Waals surface area (Å²) in [4.78, 5) is 51.0. The fraction of sp³-hybridized carbons (Fsp3) is 0.630. The summed E-state index contributed by atoms with van der Waals surface area (Å²) < 4.78 is 16.1. The molecular formula is C27H40N2O9. The van der Waals surface area contributed by atoms with Crippen LogP contribution < -0.4 is 15.0 Å². The first kappa shape index (κ1) is 30.9. The summed E-state index contributed by atoms with van der Waals surface area (Å²) >= 11 is 0. The number of aliphatic carboxylic acids is 1. The lowest BCUT2D eigenvalue weighted by atomic mass is 9.90. The summed E-state index contributed by atoms with van der Waals surface area (Å²) in [7, 11) is 0. The molecule has 5 atom stereocenters. The highest BCUT2D eigenvalue weighted by Crippen LogP contribution is 2.34. The second-order valence-electron chi connectivity index (χ2n) is 10.7. The minimum atomic E-state index is -1.18. The van der Waals surface area contributed by atoms with Crippen LogP contribution in [0.2, 0.25) is 0 Å². The Kier molecular flexibility index (Phi) is 10.9. The molecule has 212 valence electrons. The molecule has 0 aliphatic carbocycles. The van der Waals surface area contributed by atoms with Gasteiger partial charge in [-0.2, -0.15) is 0 Å². The molecule has 0 spiro atoms. The van der Waals surface area contributed by atoms with Crippen molar-refractivity contribution in [3.8, 4) is 5.75 Å². The summed E-state index contributed by atoms with van der Waals surface area (Å²) in [5, 5.41) is 22.7. The van der Waals surface area contributed by atoms with Crippen LogP contribution in [-0.2, 0) is 23.9 Å². The lowest BCUT2D eigenvalue weighted by Crippen LogP contribution is -2.49. The van der Waals surface area contributed by atoms with Crippen molar-refractivity contribution in [1.82, 2.24) is 5.32 Å². The molecule has 1 heterocycles. The van der Waals surface area contributed by atoms with Gasteiger partial charge in [0, 0.05) is 6.42 Å². The van der Waals surface area contributed by atoms with Crippen molar-refractivity contribution >= 4 is 29.6 Å². The maximum absolute atomic E-state index is 13.4. The summed E-state index contributed by atoms with van der Waals surface area (Å²) in [5.74, 6) is -2.68.